The quantitative estimate of drug-likeness (QED) is 0.781. The summed E-state index contributed by atoms with van der Waals surface area (Å²) in [7, 11) is 0. The fourth-order valence-electron chi connectivity index (χ4n) is 2.64. The van der Waals surface area contributed by atoms with Crippen LogP contribution >= 0.6 is 11.3 Å². The number of rotatable bonds is 4. The van der Waals surface area contributed by atoms with Gasteiger partial charge in [0.15, 0.2) is 0 Å². The summed E-state index contributed by atoms with van der Waals surface area (Å²) in [5.41, 5.74) is 0. The van der Waals surface area contributed by atoms with E-state index in [9.17, 15) is 0 Å². The SMILES string of the molecule is CC(Cc1cccs1)NC1CCCCCC1. The fourth-order valence-corrected chi connectivity index (χ4v) is 3.47. The number of thiophene rings is 1. The second-order valence-electron chi connectivity index (χ2n) is 5.04. The van der Waals surface area contributed by atoms with Crippen molar-refractivity contribution in [1.29, 1.82) is 0 Å². The van der Waals surface area contributed by atoms with Gasteiger partial charge in [-0.25, -0.2) is 0 Å². The predicted molar refractivity (Wildman–Crippen MR) is 72.1 cm³/mol. The maximum atomic E-state index is 3.80. The molecule has 0 amide bonds. The molecule has 16 heavy (non-hydrogen) atoms. The first kappa shape index (κ1) is 12.1. The Balaban J connectivity index is 1.75. The molecule has 1 aromatic rings. The van der Waals surface area contributed by atoms with Gasteiger partial charge in [-0.15, -0.1) is 11.3 Å². The van der Waals surface area contributed by atoms with Gasteiger partial charge in [0.2, 0.25) is 0 Å². The maximum absolute atomic E-state index is 3.80. The molecule has 1 atom stereocenters. The first-order chi connectivity index (χ1) is 7.84. The highest BCUT2D eigenvalue weighted by molar-refractivity contribution is 7.09. The number of hydrogen-bond acceptors (Lipinski definition) is 2. The summed E-state index contributed by atoms with van der Waals surface area (Å²) in [5.74, 6) is 0. The Morgan fingerprint density at radius 2 is 2.06 bits per heavy atom. The topological polar surface area (TPSA) is 12.0 Å². The molecule has 1 saturated carbocycles. The zero-order chi connectivity index (χ0) is 11.2. The average molecular weight is 237 g/mol. The van der Waals surface area contributed by atoms with Gasteiger partial charge in [0.25, 0.3) is 0 Å². The summed E-state index contributed by atoms with van der Waals surface area (Å²) in [6, 6.07) is 5.80. The molecule has 1 heterocycles. The zero-order valence-electron chi connectivity index (χ0n) is 10.2. The lowest BCUT2D eigenvalue weighted by Crippen LogP contribution is -2.37. The number of nitrogens with one attached hydrogen (secondary N) is 1. The van der Waals surface area contributed by atoms with Crippen LogP contribution in [0, 0.1) is 0 Å². The van der Waals surface area contributed by atoms with Crippen molar-refractivity contribution < 1.29 is 0 Å². The molecule has 1 fully saturated rings. The van der Waals surface area contributed by atoms with Gasteiger partial charge in [-0.05, 0) is 37.6 Å². The Morgan fingerprint density at radius 1 is 1.31 bits per heavy atom. The van der Waals surface area contributed by atoms with Crippen molar-refractivity contribution in [1.82, 2.24) is 5.32 Å². The lowest BCUT2D eigenvalue weighted by Gasteiger charge is -2.21. The molecule has 0 bridgehead atoms. The van der Waals surface area contributed by atoms with Crippen LogP contribution < -0.4 is 5.32 Å². The molecule has 2 heteroatoms. The molecule has 1 aliphatic carbocycles. The minimum Gasteiger partial charge on any atom is -0.311 e. The molecule has 1 aromatic heterocycles. The summed E-state index contributed by atoms with van der Waals surface area (Å²) >= 11 is 1.88. The summed E-state index contributed by atoms with van der Waals surface area (Å²) < 4.78 is 0. The zero-order valence-corrected chi connectivity index (χ0v) is 11.1. The van der Waals surface area contributed by atoms with Crippen LogP contribution in [-0.2, 0) is 6.42 Å². The second-order valence-corrected chi connectivity index (χ2v) is 6.07. The molecule has 1 aliphatic rings. The third kappa shape index (κ3) is 3.91. The van der Waals surface area contributed by atoms with E-state index >= 15 is 0 Å². The van der Waals surface area contributed by atoms with Crippen LogP contribution in [0.5, 0.6) is 0 Å². The Hall–Kier alpha value is -0.340. The van der Waals surface area contributed by atoms with Gasteiger partial charge in [0, 0.05) is 17.0 Å². The molecule has 2 rings (SSSR count). The molecule has 0 saturated heterocycles. The Labute approximate surface area is 103 Å². The molecule has 0 spiro atoms. The maximum Gasteiger partial charge on any atom is 0.00896 e. The van der Waals surface area contributed by atoms with Crippen LogP contribution in [0.3, 0.4) is 0 Å². The molecule has 90 valence electrons. The molecule has 0 aliphatic heterocycles. The summed E-state index contributed by atoms with van der Waals surface area (Å²) in [6.07, 6.45) is 9.68. The summed E-state index contributed by atoms with van der Waals surface area (Å²) in [6.45, 7) is 2.32. The van der Waals surface area contributed by atoms with E-state index in [0.29, 0.717) is 6.04 Å². The third-order valence-corrected chi connectivity index (χ3v) is 4.36. The van der Waals surface area contributed by atoms with Crippen LogP contribution in [0.2, 0.25) is 0 Å². The minimum absolute atomic E-state index is 0.627. The summed E-state index contributed by atoms with van der Waals surface area (Å²) in [5, 5.41) is 5.98. The Kier molecular flexibility index (Phi) is 4.86. The Morgan fingerprint density at radius 3 is 2.69 bits per heavy atom. The average Bonchev–Trinajstić information content (AvgIpc) is 2.62. The normalized spacial score (nSPS) is 20.6. The van der Waals surface area contributed by atoms with Gasteiger partial charge in [-0.2, -0.15) is 0 Å². The van der Waals surface area contributed by atoms with Crippen molar-refractivity contribution in [3.05, 3.63) is 22.4 Å². The molecular weight excluding hydrogens is 214 g/mol. The highest BCUT2D eigenvalue weighted by Crippen LogP contribution is 2.18. The van der Waals surface area contributed by atoms with Gasteiger partial charge in [0.05, 0.1) is 0 Å². The van der Waals surface area contributed by atoms with Gasteiger partial charge < -0.3 is 5.32 Å². The van der Waals surface area contributed by atoms with E-state index in [1.54, 1.807) is 0 Å². The first-order valence-corrected chi connectivity index (χ1v) is 7.51. The highest BCUT2D eigenvalue weighted by Gasteiger charge is 2.14. The van der Waals surface area contributed by atoms with Crippen LogP contribution in [0.15, 0.2) is 17.5 Å². The van der Waals surface area contributed by atoms with Gasteiger partial charge in [0.1, 0.15) is 0 Å². The van der Waals surface area contributed by atoms with E-state index in [1.807, 2.05) is 11.3 Å². The highest BCUT2D eigenvalue weighted by atomic mass is 32.1. The van der Waals surface area contributed by atoms with Gasteiger partial charge in [-0.1, -0.05) is 31.7 Å². The molecule has 1 nitrogen and oxygen atoms in total. The van der Waals surface area contributed by atoms with E-state index < -0.39 is 0 Å². The van der Waals surface area contributed by atoms with Crippen LogP contribution in [-0.4, -0.2) is 12.1 Å². The van der Waals surface area contributed by atoms with E-state index in [1.165, 1.54) is 49.8 Å². The molecule has 0 radical (unpaired) electrons. The van der Waals surface area contributed by atoms with Crippen molar-refractivity contribution in [2.75, 3.05) is 0 Å². The van der Waals surface area contributed by atoms with Gasteiger partial charge in [-0.3, -0.25) is 0 Å². The molecule has 0 aromatic carbocycles. The van der Waals surface area contributed by atoms with Gasteiger partial charge >= 0.3 is 0 Å². The number of hydrogen-bond donors (Lipinski definition) is 1. The predicted octanol–water partition coefficient (Wildman–Crippen LogP) is 3.99. The minimum atomic E-state index is 0.627. The molecular formula is C14H23NS. The van der Waals surface area contributed by atoms with E-state index in [4.69, 9.17) is 0 Å². The standard InChI is InChI=1S/C14H23NS/c1-12(11-14-9-6-10-16-14)15-13-7-4-2-3-5-8-13/h6,9-10,12-13,15H,2-5,7-8,11H2,1H3. The molecule has 1 unspecified atom stereocenters. The lowest BCUT2D eigenvalue weighted by molar-refractivity contribution is 0.407. The fraction of sp³-hybridized carbons (Fsp3) is 0.714. The van der Waals surface area contributed by atoms with Crippen LogP contribution in [0.25, 0.3) is 0 Å². The van der Waals surface area contributed by atoms with Crippen molar-refractivity contribution in [2.45, 2.75) is 64.0 Å². The van der Waals surface area contributed by atoms with E-state index in [2.05, 4.69) is 29.8 Å². The van der Waals surface area contributed by atoms with E-state index in [0.717, 1.165) is 6.04 Å². The third-order valence-electron chi connectivity index (χ3n) is 3.46. The smallest absolute Gasteiger partial charge is 0.00896 e. The second kappa shape index (κ2) is 6.41. The largest absolute Gasteiger partial charge is 0.311 e. The van der Waals surface area contributed by atoms with Crippen molar-refractivity contribution in [3.63, 3.8) is 0 Å². The van der Waals surface area contributed by atoms with Crippen molar-refractivity contribution in [2.24, 2.45) is 0 Å². The van der Waals surface area contributed by atoms with E-state index in [-0.39, 0.29) is 0 Å². The first-order valence-electron chi connectivity index (χ1n) is 6.63. The van der Waals surface area contributed by atoms with Crippen LogP contribution in [0.1, 0.15) is 50.3 Å². The van der Waals surface area contributed by atoms with Crippen molar-refractivity contribution in [3.8, 4) is 0 Å². The summed E-state index contributed by atoms with van der Waals surface area (Å²) in [4.78, 5) is 1.51. The Bertz CT molecular complexity index is 273. The monoisotopic (exact) mass is 237 g/mol. The van der Waals surface area contributed by atoms with Crippen molar-refractivity contribution >= 4 is 11.3 Å². The van der Waals surface area contributed by atoms with Crippen LogP contribution in [0.4, 0.5) is 0 Å². The lowest BCUT2D eigenvalue weighted by atomic mass is 10.1. The molecule has 1 N–H and O–H groups in total.